The molecular formula is C20H28N6O2S. The Labute approximate surface area is 175 Å². The molecule has 0 spiro atoms. The smallest absolute Gasteiger partial charge is 0.317 e. The summed E-state index contributed by atoms with van der Waals surface area (Å²) in [7, 11) is 0. The van der Waals surface area contributed by atoms with Gasteiger partial charge in [0.05, 0.1) is 6.54 Å². The number of piperazine rings is 1. The molecule has 0 atom stereocenters. The lowest BCUT2D eigenvalue weighted by Crippen LogP contribution is -2.52. The second kappa shape index (κ2) is 10.3. The summed E-state index contributed by atoms with van der Waals surface area (Å²) >= 11 is 1.37. The summed E-state index contributed by atoms with van der Waals surface area (Å²) in [6.07, 6.45) is 0.834. The van der Waals surface area contributed by atoms with E-state index in [9.17, 15) is 9.59 Å². The standard InChI is InChI=1S/C20H28N6O2S/c1-15(2)12-18-23-24-19(29-18)22-17(27)13-21-20(28)26-10-8-25(9-11-26)14-16-6-4-3-5-7-16/h3-7,15H,8-14H2,1-2H3,(H,21,28)(H,22,24,27). The van der Waals surface area contributed by atoms with Crippen LogP contribution < -0.4 is 10.6 Å². The van der Waals surface area contributed by atoms with Crippen LogP contribution in [0.3, 0.4) is 0 Å². The molecule has 3 rings (SSSR count). The van der Waals surface area contributed by atoms with Gasteiger partial charge < -0.3 is 10.2 Å². The molecule has 1 aliphatic rings. The van der Waals surface area contributed by atoms with Crippen molar-refractivity contribution in [3.8, 4) is 0 Å². The molecule has 0 bridgehead atoms. The number of benzene rings is 1. The number of urea groups is 1. The third-order valence-corrected chi connectivity index (χ3v) is 5.47. The highest BCUT2D eigenvalue weighted by Gasteiger charge is 2.21. The Morgan fingerprint density at radius 3 is 2.52 bits per heavy atom. The minimum Gasteiger partial charge on any atom is -0.329 e. The number of anilines is 1. The maximum absolute atomic E-state index is 12.3. The van der Waals surface area contributed by atoms with Gasteiger partial charge in [0.1, 0.15) is 5.01 Å². The molecule has 1 aromatic heterocycles. The molecule has 1 aliphatic heterocycles. The van der Waals surface area contributed by atoms with Crippen molar-refractivity contribution in [3.63, 3.8) is 0 Å². The lowest BCUT2D eigenvalue weighted by Gasteiger charge is -2.34. The maximum Gasteiger partial charge on any atom is 0.317 e. The lowest BCUT2D eigenvalue weighted by molar-refractivity contribution is -0.115. The molecule has 0 saturated carbocycles. The molecular weight excluding hydrogens is 388 g/mol. The topological polar surface area (TPSA) is 90.5 Å². The van der Waals surface area contributed by atoms with Crippen LogP contribution in [0.5, 0.6) is 0 Å². The second-order valence-corrected chi connectivity index (χ2v) is 8.62. The molecule has 1 aromatic carbocycles. The van der Waals surface area contributed by atoms with Crippen LogP contribution in [0.25, 0.3) is 0 Å². The third kappa shape index (κ3) is 6.79. The van der Waals surface area contributed by atoms with Crippen molar-refractivity contribution >= 4 is 28.4 Å². The Morgan fingerprint density at radius 2 is 1.83 bits per heavy atom. The molecule has 1 fully saturated rings. The molecule has 29 heavy (non-hydrogen) atoms. The largest absolute Gasteiger partial charge is 0.329 e. The van der Waals surface area contributed by atoms with Gasteiger partial charge in [0.2, 0.25) is 11.0 Å². The molecule has 0 aliphatic carbocycles. The highest BCUT2D eigenvalue weighted by molar-refractivity contribution is 7.15. The van der Waals surface area contributed by atoms with E-state index in [-0.39, 0.29) is 18.5 Å². The average molecular weight is 417 g/mol. The van der Waals surface area contributed by atoms with Crippen LogP contribution in [0, 0.1) is 5.92 Å². The summed E-state index contributed by atoms with van der Waals surface area (Å²) in [6.45, 7) is 7.95. The number of carbonyl (C=O) groups is 2. The Bertz CT molecular complexity index is 802. The summed E-state index contributed by atoms with van der Waals surface area (Å²) in [6, 6.07) is 10.1. The van der Waals surface area contributed by atoms with E-state index < -0.39 is 0 Å². The van der Waals surface area contributed by atoms with Crippen molar-refractivity contribution in [1.29, 1.82) is 0 Å². The van der Waals surface area contributed by atoms with Gasteiger partial charge in [-0.3, -0.25) is 15.0 Å². The van der Waals surface area contributed by atoms with Crippen molar-refractivity contribution in [3.05, 3.63) is 40.9 Å². The number of hydrogen-bond acceptors (Lipinski definition) is 6. The zero-order valence-electron chi connectivity index (χ0n) is 16.9. The monoisotopic (exact) mass is 416 g/mol. The number of rotatable bonds is 7. The van der Waals surface area contributed by atoms with Gasteiger partial charge in [0, 0.05) is 39.1 Å². The van der Waals surface area contributed by atoms with Crippen molar-refractivity contribution in [2.75, 3.05) is 38.0 Å². The van der Waals surface area contributed by atoms with Crippen LogP contribution in [0.2, 0.25) is 0 Å². The number of nitrogens with zero attached hydrogens (tertiary/aromatic N) is 4. The normalized spacial score (nSPS) is 14.8. The van der Waals surface area contributed by atoms with Crippen molar-refractivity contribution < 1.29 is 9.59 Å². The first kappa shape index (κ1) is 21.2. The Kier molecular flexibility index (Phi) is 7.54. The van der Waals surface area contributed by atoms with Crippen LogP contribution >= 0.6 is 11.3 Å². The summed E-state index contributed by atoms with van der Waals surface area (Å²) in [5, 5.41) is 14.8. The molecule has 2 aromatic rings. The number of hydrogen-bond donors (Lipinski definition) is 2. The van der Waals surface area contributed by atoms with E-state index in [0.29, 0.717) is 24.1 Å². The number of carbonyl (C=O) groups excluding carboxylic acids is 2. The molecule has 3 amide bonds. The summed E-state index contributed by atoms with van der Waals surface area (Å²) < 4.78 is 0. The average Bonchev–Trinajstić information content (AvgIpc) is 3.13. The van der Waals surface area contributed by atoms with E-state index in [4.69, 9.17) is 0 Å². The molecule has 0 unspecified atom stereocenters. The molecule has 2 N–H and O–H groups in total. The molecule has 8 nitrogen and oxygen atoms in total. The van der Waals surface area contributed by atoms with Crippen LogP contribution in [0.4, 0.5) is 9.93 Å². The van der Waals surface area contributed by atoms with Gasteiger partial charge in [0.25, 0.3) is 0 Å². The van der Waals surface area contributed by atoms with E-state index in [1.54, 1.807) is 4.90 Å². The number of nitrogens with one attached hydrogen (secondary N) is 2. The molecule has 1 saturated heterocycles. The predicted molar refractivity (Wildman–Crippen MR) is 114 cm³/mol. The van der Waals surface area contributed by atoms with Crippen molar-refractivity contribution in [1.82, 2.24) is 25.3 Å². The van der Waals surface area contributed by atoms with E-state index >= 15 is 0 Å². The van der Waals surface area contributed by atoms with Gasteiger partial charge in [-0.25, -0.2) is 4.79 Å². The molecule has 156 valence electrons. The van der Waals surface area contributed by atoms with Gasteiger partial charge in [-0.2, -0.15) is 0 Å². The molecule has 2 heterocycles. The Balaban J connectivity index is 1.36. The first-order valence-corrected chi connectivity index (χ1v) is 10.7. The zero-order chi connectivity index (χ0) is 20.6. The third-order valence-electron chi connectivity index (χ3n) is 4.60. The summed E-state index contributed by atoms with van der Waals surface area (Å²) in [5.74, 6) is 0.187. The van der Waals surface area contributed by atoms with Crippen LogP contribution in [-0.4, -0.2) is 64.7 Å². The van der Waals surface area contributed by atoms with Gasteiger partial charge in [-0.15, -0.1) is 10.2 Å². The minimum absolute atomic E-state index is 0.0812. The highest BCUT2D eigenvalue weighted by Crippen LogP contribution is 2.18. The van der Waals surface area contributed by atoms with Crippen molar-refractivity contribution in [2.45, 2.75) is 26.8 Å². The molecule has 9 heteroatoms. The molecule has 0 radical (unpaired) electrons. The first-order valence-electron chi connectivity index (χ1n) is 9.91. The first-order chi connectivity index (χ1) is 14.0. The van der Waals surface area contributed by atoms with Gasteiger partial charge in [-0.05, 0) is 11.5 Å². The number of amides is 3. The maximum atomic E-state index is 12.3. The summed E-state index contributed by atoms with van der Waals surface area (Å²) in [5.41, 5.74) is 1.27. The summed E-state index contributed by atoms with van der Waals surface area (Å²) in [4.78, 5) is 28.5. The fraction of sp³-hybridized carbons (Fsp3) is 0.500. The van der Waals surface area contributed by atoms with E-state index in [1.807, 2.05) is 18.2 Å². The lowest BCUT2D eigenvalue weighted by atomic mass is 10.1. The predicted octanol–water partition coefficient (Wildman–Crippen LogP) is 2.20. The Morgan fingerprint density at radius 1 is 1.10 bits per heavy atom. The van der Waals surface area contributed by atoms with Crippen LogP contribution in [0.15, 0.2) is 30.3 Å². The second-order valence-electron chi connectivity index (χ2n) is 7.55. The van der Waals surface area contributed by atoms with E-state index in [1.165, 1.54) is 16.9 Å². The van der Waals surface area contributed by atoms with E-state index in [0.717, 1.165) is 31.1 Å². The van der Waals surface area contributed by atoms with Gasteiger partial charge >= 0.3 is 6.03 Å². The zero-order valence-corrected chi connectivity index (χ0v) is 17.7. The van der Waals surface area contributed by atoms with Gasteiger partial charge in [0.15, 0.2) is 0 Å². The van der Waals surface area contributed by atoms with Crippen LogP contribution in [0.1, 0.15) is 24.4 Å². The quantitative estimate of drug-likeness (QED) is 0.722. The SMILES string of the molecule is CC(C)Cc1nnc(NC(=O)CNC(=O)N2CCN(Cc3ccccc3)CC2)s1. The highest BCUT2D eigenvalue weighted by atomic mass is 32.1. The minimum atomic E-state index is -0.298. The fourth-order valence-corrected chi connectivity index (χ4v) is 4.09. The van der Waals surface area contributed by atoms with Crippen LogP contribution in [-0.2, 0) is 17.8 Å². The number of aromatic nitrogens is 2. The Hall–Kier alpha value is -2.52. The van der Waals surface area contributed by atoms with Crippen molar-refractivity contribution in [2.24, 2.45) is 5.92 Å². The van der Waals surface area contributed by atoms with Gasteiger partial charge in [-0.1, -0.05) is 55.5 Å². The fourth-order valence-electron chi connectivity index (χ4n) is 3.12. The van der Waals surface area contributed by atoms with E-state index in [2.05, 4.69) is 51.7 Å².